The third-order valence-electron chi connectivity index (χ3n) is 4.01. The molecule has 1 aliphatic heterocycles. The van der Waals surface area contributed by atoms with Gasteiger partial charge < -0.3 is 10.6 Å². The van der Waals surface area contributed by atoms with E-state index in [0.29, 0.717) is 12.1 Å². The van der Waals surface area contributed by atoms with Gasteiger partial charge in [-0.3, -0.25) is 9.78 Å². The minimum absolute atomic E-state index is 0.00199. The first-order valence-electron chi connectivity index (χ1n) is 7.26. The first kappa shape index (κ1) is 13.8. The highest BCUT2D eigenvalue weighted by Gasteiger charge is 2.26. The summed E-state index contributed by atoms with van der Waals surface area (Å²) in [5.41, 5.74) is 9.61. The van der Waals surface area contributed by atoms with Crippen molar-refractivity contribution in [2.24, 2.45) is 5.73 Å². The van der Waals surface area contributed by atoms with Crippen molar-refractivity contribution in [2.45, 2.75) is 25.8 Å². The number of amides is 1. The van der Waals surface area contributed by atoms with Crippen LogP contribution >= 0.6 is 0 Å². The van der Waals surface area contributed by atoms with Crippen molar-refractivity contribution in [3.8, 4) is 0 Å². The van der Waals surface area contributed by atoms with Gasteiger partial charge in [-0.1, -0.05) is 18.2 Å². The summed E-state index contributed by atoms with van der Waals surface area (Å²) < 4.78 is 0. The van der Waals surface area contributed by atoms with Crippen molar-refractivity contribution in [3.05, 3.63) is 59.4 Å². The molecule has 0 radical (unpaired) electrons. The zero-order chi connectivity index (χ0) is 14.8. The third kappa shape index (κ3) is 2.54. The molecule has 1 aromatic carbocycles. The van der Waals surface area contributed by atoms with Crippen LogP contribution in [0.3, 0.4) is 0 Å². The number of anilines is 1. The highest BCUT2D eigenvalue weighted by atomic mass is 16.2. The number of aryl methyl sites for hydroxylation is 1. The molecule has 2 aromatic rings. The largest absolute Gasteiger partial charge is 0.324 e. The fraction of sp³-hybridized carbons (Fsp3) is 0.294. The van der Waals surface area contributed by atoms with Gasteiger partial charge in [-0.25, -0.2) is 0 Å². The normalized spacial score (nSPS) is 18.0. The molecule has 3 rings (SSSR count). The third-order valence-corrected chi connectivity index (χ3v) is 4.01. The number of nitrogens with two attached hydrogens (primary N) is 1. The van der Waals surface area contributed by atoms with Crippen molar-refractivity contribution in [2.75, 3.05) is 11.4 Å². The minimum atomic E-state index is -0.00556. The highest BCUT2D eigenvalue weighted by molar-refractivity contribution is 6.07. The Morgan fingerprint density at radius 3 is 2.90 bits per heavy atom. The molecule has 21 heavy (non-hydrogen) atoms. The van der Waals surface area contributed by atoms with Crippen molar-refractivity contribution in [3.63, 3.8) is 0 Å². The predicted molar refractivity (Wildman–Crippen MR) is 83.3 cm³/mol. The molecule has 4 nitrogen and oxygen atoms in total. The maximum Gasteiger partial charge on any atom is 0.260 e. The first-order chi connectivity index (χ1) is 10.2. The summed E-state index contributed by atoms with van der Waals surface area (Å²) in [6.45, 7) is 2.56. The molecule has 1 amide bonds. The van der Waals surface area contributed by atoms with Crippen molar-refractivity contribution in [1.82, 2.24) is 4.98 Å². The average Bonchev–Trinajstić information content (AvgIpc) is 2.67. The Labute approximate surface area is 124 Å². The van der Waals surface area contributed by atoms with E-state index in [1.807, 2.05) is 42.2 Å². The van der Waals surface area contributed by atoms with E-state index >= 15 is 0 Å². The zero-order valence-electron chi connectivity index (χ0n) is 12.1. The van der Waals surface area contributed by atoms with E-state index in [-0.39, 0.29) is 11.9 Å². The lowest BCUT2D eigenvalue weighted by Gasteiger charge is -2.24. The smallest absolute Gasteiger partial charge is 0.260 e. The summed E-state index contributed by atoms with van der Waals surface area (Å²) in [4.78, 5) is 18.9. The molecule has 4 heteroatoms. The summed E-state index contributed by atoms with van der Waals surface area (Å²) in [5, 5.41) is 0. The molecule has 0 saturated heterocycles. The fourth-order valence-electron chi connectivity index (χ4n) is 2.86. The molecule has 1 aliphatic rings. The number of para-hydroxylation sites is 1. The van der Waals surface area contributed by atoms with Gasteiger partial charge in [-0.05, 0) is 43.5 Å². The molecule has 0 saturated carbocycles. The lowest BCUT2D eigenvalue weighted by Crippen LogP contribution is -2.32. The standard InChI is InChI=1S/C17H19N3O/c1-12-13(7-4-10-19-12)17(21)20-11-5-8-15(18)14-6-2-3-9-16(14)20/h2-4,6-7,9-10,15H,5,8,11,18H2,1H3. The van der Waals surface area contributed by atoms with Gasteiger partial charge in [0, 0.05) is 30.2 Å². The molecule has 0 spiro atoms. The molecule has 2 N–H and O–H groups in total. The van der Waals surface area contributed by atoms with E-state index in [4.69, 9.17) is 5.73 Å². The van der Waals surface area contributed by atoms with Gasteiger partial charge in [0.15, 0.2) is 0 Å². The lowest BCUT2D eigenvalue weighted by molar-refractivity contribution is 0.0986. The Kier molecular flexibility index (Phi) is 3.71. The summed E-state index contributed by atoms with van der Waals surface area (Å²) in [7, 11) is 0. The van der Waals surface area contributed by atoms with E-state index in [1.54, 1.807) is 12.3 Å². The van der Waals surface area contributed by atoms with Crippen molar-refractivity contribution >= 4 is 11.6 Å². The van der Waals surface area contributed by atoms with Crippen LogP contribution in [-0.4, -0.2) is 17.4 Å². The zero-order valence-corrected chi connectivity index (χ0v) is 12.1. The SMILES string of the molecule is Cc1ncccc1C(=O)N1CCCC(N)c2ccccc21. The van der Waals surface area contributed by atoms with E-state index in [9.17, 15) is 4.79 Å². The van der Waals surface area contributed by atoms with Crippen LogP contribution < -0.4 is 10.6 Å². The molecule has 1 atom stereocenters. The number of hydrogen-bond acceptors (Lipinski definition) is 3. The molecule has 2 heterocycles. The molecule has 0 fully saturated rings. The van der Waals surface area contributed by atoms with Crippen LogP contribution in [0.15, 0.2) is 42.6 Å². The fourth-order valence-corrected chi connectivity index (χ4v) is 2.86. The molecule has 1 unspecified atom stereocenters. The van der Waals surface area contributed by atoms with Crippen LogP contribution in [0.1, 0.15) is 40.5 Å². The molecule has 108 valence electrons. The Hall–Kier alpha value is -2.20. The van der Waals surface area contributed by atoms with E-state index in [1.165, 1.54) is 0 Å². The van der Waals surface area contributed by atoms with Crippen LogP contribution in [0, 0.1) is 6.92 Å². The summed E-state index contributed by atoms with van der Waals surface area (Å²) >= 11 is 0. The van der Waals surface area contributed by atoms with Gasteiger partial charge in [-0.15, -0.1) is 0 Å². The maximum absolute atomic E-state index is 12.9. The second-order valence-corrected chi connectivity index (χ2v) is 5.40. The predicted octanol–water partition coefficient (Wildman–Crippen LogP) is 2.83. The van der Waals surface area contributed by atoms with Crippen LogP contribution in [0.5, 0.6) is 0 Å². The van der Waals surface area contributed by atoms with Crippen LogP contribution in [0.25, 0.3) is 0 Å². The monoisotopic (exact) mass is 281 g/mol. The molecule has 0 bridgehead atoms. The van der Waals surface area contributed by atoms with Crippen LogP contribution in [0.4, 0.5) is 5.69 Å². The topological polar surface area (TPSA) is 59.2 Å². The van der Waals surface area contributed by atoms with Gasteiger partial charge in [0.25, 0.3) is 5.91 Å². The van der Waals surface area contributed by atoms with Gasteiger partial charge in [-0.2, -0.15) is 0 Å². The number of aromatic nitrogens is 1. The average molecular weight is 281 g/mol. The number of nitrogens with zero attached hydrogens (tertiary/aromatic N) is 2. The number of hydrogen-bond donors (Lipinski definition) is 1. The Bertz CT molecular complexity index is 669. The highest BCUT2D eigenvalue weighted by Crippen LogP contribution is 2.32. The minimum Gasteiger partial charge on any atom is -0.324 e. The van der Waals surface area contributed by atoms with Crippen molar-refractivity contribution < 1.29 is 4.79 Å². The second kappa shape index (κ2) is 5.66. The quantitative estimate of drug-likeness (QED) is 0.874. The van der Waals surface area contributed by atoms with Gasteiger partial charge >= 0.3 is 0 Å². The Morgan fingerprint density at radius 1 is 1.29 bits per heavy atom. The molecule has 0 aliphatic carbocycles. The summed E-state index contributed by atoms with van der Waals surface area (Å²) in [5.74, 6) is 0.00199. The molecular formula is C17H19N3O. The van der Waals surface area contributed by atoms with Crippen LogP contribution in [0.2, 0.25) is 0 Å². The van der Waals surface area contributed by atoms with Crippen molar-refractivity contribution in [1.29, 1.82) is 0 Å². The Balaban J connectivity index is 2.04. The van der Waals surface area contributed by atoms with Gasteiger partial charge in [0.2, 0.25) is 0 Å². The summed E-state index contributed by atoms with van der Waals surface area (Å²) in [6, 6.07) is 11.5. The first-order valence-corrected chi connectivity index (χ1v) is 7.26. The number of carbonyl (C=O) groups is 1. The number of carbonyl (C=O) groups excluding carboxylic acids is 1. The number of fused-ring (bicyclic) bond motifs is 1. The van der Waals surface area contributed by atoms with E-state index < -0.39 is 0 Å². The molecule has 1 aromatic heterocycles. The van der Waals surface area contributed by atoms with Crippen LogP contribution in [-0.2, 0) is 0 Å². The van der Waals surface area contributed by atoms with Gasteiger partial charge in [0.05, 0.1) is 5.56 Å². The van der Waals surface area contributed by atoms with Gasteiger partial charge in [0.1, 0.15) is 0 Å². The number of pyridine rings is 1. The van der Waals surface area contributed by atoms with E-state index in [0.717, 1.165) is 29.8 Å². The van der Waals surface area contributed by atoms with E-state index in [2.05, 4.69) is 4.98 Å². The summed E-state index contributed by atoms with van der Waals surface area (Å²) in [6.07, 6.45) is 3.51. The number of rotatable bonds is 1. The second-order valence-electron chi connectivity index (χ2n) is 5.40. The Morgan fingerprint density at radius 2 is 2.10 bits per heavy atom. The maximum atomic E-state index is 12.9. The number of benzene rings is 1. The molecular weight excluding hydrogens is 262 g/mol. The lowest BCUT2D eigenvalue weighted by atomic mass is 10.0.